The first-order valence-electron chi connectivity index (χ1n) is 7.13. The molecule has 4 nitrogen and oxygen atoms in total. The van der Waals surface area contributed by atoms with Crippen LogP contribution in [0.2, 0.25) is 0 Å². The Balaban J connectivity index is 1.68. The Morgan fingerprint density at radius 3 is 2.68 bits per heavy atom. The van der Waals surface area contributed by atoms with Crippen LogP contribution in [-0.2, 0) is 4.79 Å². The number of para-hydroxylation sites is 2. The molecular weight excluding hydrogens is 240 g/mol. The lowest BCUT2D eigenvalue weighted by molar-refractivity contribution is -0.138. The van der Waals surface area contributed by atoms with Gasteiger partial charge >= 0.3 is 0 Å². The first-order chi connectivity index (χ1) is 9.34. The van der Waals surface area contributed by atoms with Crippen LogP contribution in [0.1, 0.15) is 25.7 Å². The van der Waals surface area contributed by atoms with E-state index in [4.69, 9.17) is 4.74 Å². The molecule has 0 aromatic heterocycles. The summed E-state index contributed by atoms with van der Waals surface area (Å²) in [5.74, 6) is 0.908. The molecule has 2 heterocycles. The number of fused-ring (bicyclic) bond motifs is 1. The van der Waals surface area contributed by atoms with Crippen LogP contribution in [0, 0.1) is 0 Å². The van der Waals surface area contributed by atoms with Gasteiger partial charge in [-0.05, 0) is 25.0 Å². The summed E-state index contributed by atoms with van der Waals surface area (Å²) in [5.41, 5.74) is 0.974. The van der Waals surface area contributed by atoms with E-state index in [1.807, 2.05) is 29.2 Å². The van der Waals surface area contributed by atoms with Crippen molar-refractivity contribution in [2.24, 2.45) is 0 Å². The summed E-state index contributed by atoms with van der Waals surface area (Å²) in [6, 6.07) is 7.78. The van der Waals surface area contributed by atoms with Gasteiger partial charge in [0.2, 0.25) is 0 Å². The number of benzene rings is 1. The zero-order valence-electron chi connectivity index (χ0n) is 11.1. The minimum atomic E-state index is -0.381. The van der Waals surface area contributed by atoms with Crippen LogP contribution in [0.5, 0.6) is 5.75 Å². The van der Waals surface area contributed by atoms with Gasteiger partial charge in [-0.15, -0.1) is 0 Å². The Morgan fingerprint density at radius 2 is 1.89 bits per heavy atom. The zero-order chi connectivity index (χ0) is 13.1. The van der Waals surface area contributed by atoms with E-state index in [-0.39, 0.29) is 12.0 Å². The first kappa shape index (κ1) is 12.3. The monoisotopic (exact) mass is 260 g/mol. The van der Waals surface area contributed by atoms with Crippen molar-refractivity contribution in [3.05, 3.63) is 24.3 Å². The number of ether oxygens (including phenoxy) is 1. The summed E-state index contributed by atoms with van der Waals surface area (Å²) < 4.78 is 5.83. The maximum atomic E-state index is 12.5. The molecule has 0 aliphatic carbocycles. The summed E-state index contributed by atoms with van der Waals surface area (Å²) in [7, 11) is 0. The van der Waals surface area contributed by atoms with E-state index in [9.17, 15) is 4.79 Å². The Bertz CT molecular complexity index is 453. The molecule has 1 aromatic carbocycles. The standard InChI is InChI=1S/C15H20N2O2/c18-15(17-9-5-1-2-6-10-17)14-11-16-12-7-3-4-8-13(12)19-14/h3-4,7-8,14,16H,1-2,5-6,9-11H2. The third-order valence-corrected chi connectivity index (χ3v) is 3.83. The highest BCUT2D eigenvalue weighted by atomic mass is 16.5. The van der Waals surface area contributed by atoms with Crippen LogP contribution in [0.25, 0.3) is 0 Å². The molecule has 0 spiro atoms. The molecular formula is C15H20N2O2. The van der Waals surface area contributed by atoms with Crippen molar-refractivity contribution in [3.63, 3.8) is 0 Å². The van der Waals surface area contributed by atoms with Gasteiger partial charge in [0.1, 0.15) is 5.75 Å². The van der Waals surface area contributed by atoms with Crippen LogP contribution in [0.3, 0.4) is 0 Å². The number of anilines is 1. The SMILES string of the molecule is O=C(C1CNc2ccccc2O1)N1CCCCCC1. The van der Waals surface area contributed by atoms with Crippen LogP contribution < -0.4 is 10.1 Å². The first-order valence-corrected chi connectivity index (χ1v) is 7.13. The second-order valence-electron chi connectivity index (χ2n) is 5.22. The van der Waals surface area contributed by atoms with Crippen molar-refractivity contribution in [2.45, 2.75) is 31.8 Å². The van der Waals surface area contributed by atoms with Gasteiger partial charge < -0.3 is 15.0 Å². The number of carbonyl (C=O) groups is 1. The molecule has 1 aromatic rings. The molecule has 2 aliphatic heterocycles. The van der Waals surface area contributed by atoms with Crippen LogP contribution in [0.4, 0.5) is 5.69 Å². The largest absolute Gasteiger partial charge is 0.477 e. The van der Waals surface area contributed by atoms with E-state index in [0.717, 1.165) is 37.4 Å². The highest BCUT2D eigenvalue weighted by Crippen LogP contribution is 2.28. The average Bonchev–Trinajstić information content (AvgIpc) is 2.75. The van der Waals surface area contributed by atoms with E-state index < -0.39 is 0 Å². The summed E-state index contributed by atoms with van der Waals surface area (Å²) in [4.78, 5) is 14.4. The predicted molar refractivity (Wildman–Crippen MR) is 74.4 cm³/mol. The number of likely N-dealkylation sites (tertiary alicyclic amines) is 1. The van der Waals surface area contributed by atoms with Crippen molar-refractivity contribution in [1.29, 1.82) is 0 Å². The molecule has 3 rings (SSSR count). The third kappa shape index (κ3) is 2.67. The molecule has 4 heteroatoms. The van der Waals surface area contributed by atoms with Crippen LogP contribution >= 0.6 is 0 Å². The van der Waals surface area contributed by atoms with Gasteiger partial charge in [0.25, 0.3) is 5.91 Å². The van der Waals surface area contributed by atoms with Gasteiger partial charge in [0.15, 0.2) is 6.10 Å². The van der Waals surface area contributed by atoms with Crippen molar-refractivity contribution >= 4 is 11.6 Å². The maximum Gasteiger partial charge on any atom is 0.265 e. The fraction of sp³-hybridized carbons (Fsp3) is 0.533. The number of nitrogens with one attached hydrogen (secondary N) is 1. The van der Waals surface area contributed by atoms with Gasteiger partial charge in [-0.1, -0.05) is 25.0 Å². The number of hydrogen-bond acceptors (Lipinski definition) is 3. The summed E-state index contributed by atoms with van der Waals surface area (Å²) in [6.45, 7) is 2.31. The van der Waals surface area contributed by atoms with E-state index in [1.54, 1.807) is 0 Å². The average molecular weight is 260 g/mol. The fourth-order valence-corrected chi connectivity index (χ4v) is 2.75. The Labute approximate surface area is 113 Å². The topological polar surface area (TPSA) is 41.6 Å². The lowest BCUT2D eigenvalue weighted by Gasteiger charge is -2.30. The number of carbonyl (C=O) groups excluding carboxylic acids is 1. The lowest BCUT2D eigenvalue weighted by Crippen LogP contribution is -2.47. The molecule has 1 unspecified atom stereocenters. The van der Waals surface area contributed by atoms with Crippen molar-refractivity contribution in [1.82, 2.24) is 4.90 Å². The van der Waals surface area contributed by atoms with Crippen molar-refractivity contribution in [3.8, 4) is 5.75 Å². The number of amides is 1. The smallest absolute Gasteiger partial charge is 0.265 e. The summed E-state index contributed by atoms with van der Waals surface area (Å²) in [6.07, 6.45) is 4.31. The fourth-order valence-electron chi connectivity index (χ4n) is 2.75. The molecule has 0 radical (unpaired) electrons. The quantitative estimate of drug-likeness (QED) is 0.842. The molecule has 0 bridgehead atoms. The van der Waals surface area contributed by atoms with E-state index in [2.05, 4.69) is 5.32 Å². The third-order valence-electron chi connectivity index (χ3n) is 3.83. The highest BCUT2D eigenvalue weighted by molar-refractivity contribution is 5.83. The van der Waals surface area contributed by atoms with Crippen molar-refractivity contribution in [2.75, 3.05) is 25.0 Å². The number of nitrogens with zero attached hydrogens (tertiary/aromatic N) is 1. The number of hydrogen-bond donors (Lipinski definition) is 1. The summed E-state index contributed by atoms with van der Waals surface area (Å²) >= 11 is 0. The zero-order valence-corrected chi connectivity index (χ0v) is 11.1. The highest BCUT2D eigenvalue weighted by Gasteiger charge is 2.29. The van der Waals surface area contributed by atoms with Gasteiger partial charge in [0.05, 0.1) is 12.2 Å². The second-order valence-corrected chi connectivity index (χ2v) is 5.22. The normalized spacial score (nSPS) is 22.7. The molecule has 0 saturated carbocycles. The van der Waals surface area contributed by atoms with Crippen LogP contribution in [0.15, 0.2) is 24.3 Å². The van der Waals surface area contributed by atoms with Gasteiger partial charge in [-0.25, -0.2) is 0 Å². The Hall–Kier alpha value is -1.71. The predicted octanol–water partition coefficient (Wildman–Crippen LogP) is 2.26. The minimum absolute atomic E-state index is 0.129. The summed E-state index contributed by atoms with van der Waals surface area (Å²) in [5, 5.41) is 3.28. The van der Waals surface area contributed by atoms with Gasteiger partial charge in [0, 0.05) is 13.1 Å². The van der Waals surface area contributed by atoms with Gasteiger partial charge in [-0.3, -0.25) is 4.79 Å². The van der Waals surface area contributed by atoms with E-state index >= 15 is 0 Å². The minimum Gasteiger partial charge on any atom is -0.477 e. The molecule has 102 valence electrons. The van der Waals surface area contributed by atoms with Crippen LogP contribution in [-0.4, -0.2) is 36.5 Å². The van der Waals surface area contributed by atoms with Gasteiger partial charge in [-0.2, -0.15) is 0 Å². The molecule has 1 atom stereocenters. The van der Waals surface area contributed by atoms with Crippen molar-refractivity contribution < 1.29 is 9.53 Å². The molecule has 19 heavy (non-hydrogen) atoms. The number of rotatable bonds is 1. The Morgan fingerprint density at radius 1 is 1.16 bits per heavy atom. The Kier molecular flexibility index (Phi) is 3.58. The molecule has 1 fully saturated rings. The molecule has 1 N–H and O–H groups in total. The lowest BCUT2D eigenvalue weighted by atomic mass is 10.2. The van der Waals surface area contributed by atoms with E-state index in [0.29, 0.717) is 6.54 Å². The molecule has 1 saturated heterocycles. The molecule has 1 amide bonds. The maximum absolute atomic E-state index is 12.5. The second kappa shape index (κ2) is 5.51. The molecule has 2 aliphatic rings. The van der Waals surface area contributed by atoms with E-state index in [1.165, 1.54) is 12.8 Å².